The molecule has 1 amide bonds. The van der Waals surface area contributed by atoms with E-state index in [2.05, 4.69) is 5.32 Å². The highest BCUT2D eigenvalue weighted by Gasteiger charge is 2.32. The molecule has 2 heterocycles. The molecule has 0 bridgehead atoms. The molecule has 0 aliphatic carbocycles. The number of benzene rings is 1. The van der Waals surface area contributed by atoms with Gasteiger partial charge in [-0.2, -0.15) is 4.31 Å². The summed E-state index contributed by atoms with van der Waals surface area (Å²) in [6.07, 6.45) is 1.58. The van der Waals surface area contributed by atoms with E-state index in [1.165, 1.54) is 43.5 Å². The van der Waals surface area contributed by atoms with Crippen LogP contribution in [0.1, 0.15) is 29.2 Å². The van der Waals surface area contributed by atoms with Crippen LogP contribution in [0.3, 0.4) is 0 Å². The number of carbonyl (C=O) groups is 1. The highest BCUT2D eigenvalue weighted by Crippen LogP contribution is 2.28. The molecule has 0 unspecified atom stereocenters. The van der Waals surface area contributed by atoms with Gasteiger partial charge in [0.25, 0.3) is 5.91 Å². The lowest BCUT2D eigenvalue weighted by Crippen LogP contribution is -2.28. The van der Waals surface area contributed by atoms with E-state index in [4.69, 9.17) is 4.42 Å². The third-order valence-corrected chi connectivity index (χ3v) is 8.55. The summed E-state index contributed by atoms with van der Waals surface area (Å²) >= 11 is 0. The number of anilines is 1. The largest absolute Gasteiger partial charge is 0.455 e. The first kappa shape index (κ1) is 21.5. The van der Waals surface area contributed by atoms with Gasteiger partial charge in [0.1, 0.15) is 15.6 Å². The van der Waals surface area contributed by atoms with Crippen molar-refractivity contribution in [2.45, 2.75) is 29.6 Å². The van der Waals surface area contributed by atoms with Crippen molar-refractivity contribution in [1.29, 1.82) is 0 Å². The lowest BCUT2D eigenvalue weighted by atomic mass is 10.3. The van der Waals surface area contributed by atoms with Crippen molar-refractivity contribution in [3.8, 4) is 0 Å². The van der Waals surface area contributed by atoms with Crippen LogP contribution in [-0.2, 0) is 20.0 Å². The van der Waals surface area contributed by atoms with Crippen LogP contribution < -0.4 is 5.32 Å². The number of hydrogen-bond acceptors (Lipinski definition) is 6. The monoisotopic (exact) mass is 441 g/mol. The van der Waals surface area contributed by atoms with Crippen LogP contribution in [0.5, 0.6) is 0 Å². The fourth-order valence-electron chi connectivity index (χ4n) is 3.08. The molecule has 1 aliphatic heterocycles. The van der Waals surface area contributed by atoms with Gasteiger partial charge in [0, 0.05) is 33.3 Å². The number of nitrogens with zero attached hydrogens (tertiary/aromatic N) is 2. The van der Waals surface area contributed by atoms with Gasteiger partial charge in [0.2, 0.25) is 20.0 Å². The Hall–Kier alpha value is -2.21. The van der Waals surface area contributed by atoms with Crippen molar-refractivity contribution in [2.24, 2.45) is 0 Å². The minimum Gasteiger partial charge on any atom is -0.455 e. The summed E-state index contributed by atoms with van der Waals surface area (Å²) in [5.41, 5.74) is 0.0733. The molecule has 0 radical (unpaired) electrons. The third-order valence-electron chi connectivity index (χ3n) is 4.67. The minimum atomic E-state index is -3.79. The van der Waals surface area contributed by atoms with Gasteiger partial charge in [-0.3, -0.25) is 4.79 Å². The highest BCUT2D eigenvalue weighted by molar-refractivity contribution is 7.89. The smallest absolute Gasteiger partial charge is 0.291 e. The van der Waals surface area contributed by atoms with Crippen molar-refractivity contribution in [3.05, 3.63) is 41.9 Å². The molecular weight excluding hydrogens is 418 g/mol. The Morgan fingerprint density at radius 2 is 1.69 bits per heavy atom. The quantitative estimate of drug-likeness (QED) is 0.731. The van der Waals surface area contributed by atoms with E-state index in [9.17, 15) is 21.6 Å². The Balaban J connectivity index is 1.91. The summed E-state index contributed by atoms with van der Waals surface area (Å²) in [5, 5.41) is 2.50. The summed E-state index contributed by atoms with van der Waals surface area (Å²) in [7, 11) is -4.75. The zero-order chi connectivity index (χ0) is 21.4. The normalized spacial score (nSPS) is 15.7. The van der Waals surface area contributed by atoms with Crippen LogP contribution in [0.2, 0.25) is 0 Å². The number of sulfonamides is 2. The lowest BCUT2D eigenvalue weighted by molar-refractivity contribution is 0.0995. The molecular formula is C18H23N3O6S2. The summed E-state index contributed by atoms with van der Waals surface area (Å²) in [4.78, 5) is 12.5. The molecule has 1 aromatic carbocycles. The van der Waals surface area contributed by atoms with E-state index in [0.29, 0.717) is 13.1 Å². The van der Waals surface area contributed by atoms with Crippen LogP contribution >= 0.6 is 0 Å². The number of amides is 1. The lowest BCUT2D eigenvalue weighted by Gasteiger charge is -2.15. The summed E-state index contributed by atoms with van der Waals surface area (Å²) in [6.45, 7) is 2.35. The molecule has 1 N–H and O–H groups in total. The predicted molar refractivity (Wildman–Crippen MR) is 107 cm³/mol. The van der Waals surface area contributed by atoms with Crippen LogP contribution in [0.4, 0.5) is 5.69 Å². The van der Waals surface area contributed by atoms with Crippen LogP contribution in [0.25, 0.3) is 0 Å². The van der Waals surface area contributed by atoms with Gasteiger partial charge in [-0.15, -0.1) is 0 Å². The number of furan rings is 1. The zero-order valence-electron chi connectivity index (χ0n) is 16.4. The molecule has 3 rings (SSSR count). The van der Waals surface area contributed by atoms with Crippen molar-refractivity contribution >= 4 is 31.6 Å². The van der Waals surface area contributed by atoms with Crippen molar-refractivity contribution < 1.29 is 26.0 Å². The second-order valence-corrected chi connectivity index (χ2v) is 10.9. The number of para-hydroxylation sites is 1. The molecule has 1 fully saturated rings. The van der Waals surface area contributed by atoms with E-state index >= 15 is 0 Å². The van der Waals surface area contributed by atoms with Crippen LogP contribution in [0, 0.1) is 6.92 Å². The fraction of sp³-hybridized carbons (Fsp3) is 0.389. The Bertz CT molecular complexity index is 1130. The Labute approximate surface area is 170 Å². The second-order valence-electron chi connectivity index (χ2n) is 6.88. The van der Waals surface area contributed by atoms with Gasteiger partial charge in [0.15, 0.2) is 5.76 Å². The van der Waals surface area contributed by atoms with Gasteiger partial charge < -0.3 is 9.73 Å². The number of nitrogens with one attached hydrogen (secondary N) is 1. The van der Waals surface area contributed by atoms with E-state index in [-0.39, 0.29) is 27.0 Å². The second kappa shape index (κ2) is 7.90. The summed E-state index contributed by atoms with van der Waals surface area (Å²) in [5.74, 6) is -0.842. The van der Waals surface area contributed by atoms with E-state index < -0.39 is 26.0 Å². The Morgan fingerprint density at radius 1 is 1.07 bits per heavy atom. The number of carbonyl (C=O) groups excluding carboxylic acids is 1. The maximum Gasteiger partial charge on any atom is 0.291 e. The SMILES string of the molecule is Cc1oc(C(=O)Nc2ccccc2S(=O)(=O)N(C)C)cc1S(=O)(=O)N1CCCC1. The maximum absolute atomic E-state index is 12.8. The highest BCUT2D eigenvalue weighted by atomic mass is 32.2. The summed E-state index contributed by atoms with van der Waals surface area (Å²) in [6, 6.07) is 7.14. The molecule has 11 heteroatoms. The van der Waals surface area contributed by atoms with Crippen molar-refractivity contribution in [1.82, 2.24) is 8.61 Å². The average molecular weight is 442 g/mol. The van der Waals surface area contributed by atoms with Gasteiger partial charge in [-0.1, -0.05) is 12.1 Å². The standard InChI is InChI=1S/C18H23N3O6S2/c1-13-17(29(25,26)21-10-6-7-11-21)12-15(27-13)18(22)19-14-8-4-5-9-16(14)28(23,24)20(2)3/h4-5,8-9,12H,6-7,10-11H2,1-3H3,(H,19,22). The van der Waals surface area contributed by atoms with Gasteiger partial charge >= 0.3 is 0 Å². The molecule has 0 spiro atoms. The third kappa shape index (κ3) is 4.08. The molecule has 1 aliphatic rings. The molecule has 0 atom stereocenters. The van der Waals surface area contributed by atoms with E-state index in [1.807, 2.05) is 0 Å². The first-order valence-corrected chi connectivity index (χ1v) is 11.9. The first-order chi connectivity index (χ1) is 13.5. The predicted octanol–water partition coefficient (Wildman–Crippen LogP) is 1.88. The minimum absolute atomic E-state index is 0.0567. The molecule has 2 aromatic rings. The van der Waals surface area contributed by atoms with Crippen molar-refractivity contribution in [2.75, 3.05) is 32.5 Å². The Kier molecular flexibility index (Phi) is 5.86. The molecule has 0 saturated carbocycles. The zero-order valence-corrected chi connectivity index (χ0v) is 18.0. The van der Waals surface area contributed by atoms with Crippen LogP contribution in [0.15, 0.2) is 44.5 Å². The molecule has 1 saturated heterocycles. The van der Waals surface area contributed by atoms with Gasteiger partial charge in [-0.25, -0.2) is 21.1 Å². The van der Waals surface area contributed by atoms with E-state index in [0.717, 1.165) is 17.1 Å². The topological polar surface area (TPSA) is 117 Å². The van der Waals surface area contributed by atoms with Crippen LogP contribution in [-0.4, -0.2) is 58.5 Å². The maximum atomic E-state index is 12.8. The summed E-state index contributed by atoms with van der Waals surface area (Å²) < 4.78 is 58.3. The van der Waals surface area contributed by atoms with E-state index in [1.54, 1.807) is 12.1 Å². The Morgan fingerprint density at radius 3 is 2.31 bits per heavy atom. The number of hydrogen-bond donors (Lipinski definition) is 1. The van der Waals surface area contributed by atoms with Gasteiger partial charge in [-0.05, 0) is 31.9 Å². The fourth-order valence-corrected chi connectivity index (χ4v) is 5.80. The average Bonchev–Trinajstić information content (AvgIpc) is 3.32. The number of aryl methyl sites for hydroxylation is 1. The molecule has 1 aromatic heterocycles. The van der Waals surface area contributed by atoms with Gasteiger partial charge in [0.05, 0.1) is 5.69 Å². The molecule has 29 heavy (non-hydrogen) atoms. The number of rotatable bonds is 6. The molecule has 158 valence electrons. The van der Waals surface area contributed by atoms with Crippen molar-refractivity contribution in [3.63, 3.8) is 0 Å². The first-order valence-electron chi connectivity index (χ1n) is 8.98. The molecule has 9 nitrogen and oxygen atoms in total.